The van der Waals surface area contributed by atoms with Gasteiger partial charge in [0.15, 0.2) is 12.5 Å². The number of hydrogen-bond donors (Lipinski definition) is 0. The first-order valence-corrected chi connectivity index (χ1v) is 9.92. The van der Waals surface area contributed by atoms with Crippen LogP contribution in [0.25, 0.3) is 0 Å². The Kier molecular flexibility index (Phi) is 6.07. The molecular weight excluding hydrogens is 390 g/mol. The second-order valence-electron chi connectivity index (χ2n) is 7.40. The van der Waals surface area contributed by atoms with E-state index in [1.165, 1.54) is 30.3 Å². The largest absolute Gasteiger partial charge is 0.484 e. The molecule has 1 fully saturated rings. The van der Waals surface area contributed by atoms with Gasteiger partial charge in [-0.05, 0) is 42.7 Å². The quantitative estimate of drug-likeness (QED) is 0.605. The fourth-order valence-corrected chi connectivity index (χ4v) is 3.64. The van der Waals surface area contributed by atoms with E-state index in [4.69, 9.17) is 9.15 Å². The van der Waals surface area contributed by atoms with Crippen LogP contribution in [0.1, 0.15) is 36.0 Å². The molecule has 5 nitrogen and oxygen atoms in total. The number of carbonyl (C=O) groups excluding carboxylic acids is 1. The van der Waals surface area contributed by atoms with Gasteiger partial charge < -0.3 is 14.1 Å². The van der Waals surface area contributed by atoms with Gasteiger partial charge in [-0.25, -0.2) is 13.8 Å². The van der Waals surface area contributed by atoms with Gasteiger partial charge in [-0.3, -0.25) is 4.79 Å². The van der Waals surface area contributed by atoms with E-state index >= 15 is 0 Å². The molecule has 0 radical (unpaired) electrons. The minimum atomic E-state index is -0.407. The lowest BCUT2D eigenvalue weighted by Gasteiger charge is -2.31. The Morgan fingerprint density at radius 2 is 1.97 bits per heavy atom. The number of likely N-dealkylation sites (tertiary alicyclic amines) is 1. The van der Waals surface area contributed by atoms with Gasteiger partial charge in [-0.1, -0.05) is 18.2 Å². The highest BCUT2D eigenvalue weighted by atomic mass is 19.1. The number of piperidine rings is 1. The van der Waals surface area contributed by atoms with Crippen LogP contribution >= 0.6 is 0 Å². The van der Waals surface area contributed by atoms with Crippen molar-refractivity contribution in [1.29, 1.82) is 0 Å². The Morgan fingerprint density at radius 1 is 1.17 bits per heavy atom. The third kappa shape index (κ3) is 5.03. The third-order valence-corrected chi connectivity index (χ3v) is 5.12. The Balaban J connectivity index is 1.34. The average molecular weight is 412 g/mol. The van der Waals surface area contributed by atoms with E-state index < -0.39 is 5.82 Å². The lowest BCUT2D eigenvalue weighted by atomic mass is 9.98. The maximum absolute atomic E-state index is 13.4. The van der Waals surface area contributed by atoms with Crippen LogP contribution in [0.3, 0.4) is 0 Å². The van der Waals surface area contributed by atoms with E-state index in [-0.39, 0.29) is 24.2 Å². The number of ether oxygens (including phenoxy) is 1. The highest BCUT2D eigenvalue weighted by Gasteiger charge is 2.28. The molecule has 2 heterocycles. The van der Waals surface area contributed by atoms with Gasteiger partial charge in [-0.2, -0.15) is 0 Å². The second kappa shape index (κ2) is 9.07. The number of oxazole rings is 1. The Hall–Kier alpha value is -3.22. The first-order chi connectivity index (χ1) is 14.6. The zero-order valence-corrected chi connectivity index (χ0v) is 16.4. The standard InChI is InChI=1S/C23H22F2N2O3/c24-18-6-1-4-16(10-18)11-21-13-26-23(30-21)17-5-3-9-27(14-17)22(28)15-29-20-8-2-7-19(25)12-20/h1-2,4,6-8,10,12-13,17H,3,5,9,11,14-15H2/t17-/m1/s1. The molecule has 0 N–H and O–H groups in total. The molecule has 0 unspecified atom stereocenters. The van der Waals surface area contributed by atoms with Gasteiger partial charge in [0.25, 0.3) is 5.91 Å². The van der Waals surface area contributed by atoms with Crippen LogP contribution in [0.2, 0.25) is 0 Å². The van der Waals surface area contributed by atoms with Gasteiger partial charge >= 0.3 is 0 Å². The monoisotopic (exact) mass is 412 g/mol. The van der Waals surface area contributed by atoms with Crippen molar-refractivity contribution >= 4 is 5.91 Å². The first-order valence-electron chi connectivity index (χ1n) is 9.92. The minimum absolute atomic E-state index is 0.00173. The summed E-state index contributed by atoms with van der Waals surface area (Å²) in [5.74, 6) is 0.726. The number of nitrogens with zero attached hydrogens (tertiary/aromatic N) is 2. The molecule has 1 saturated heterocycles. The van der Waals surface area contributed by atoms with Crippen LogP contribution in [0.5, 0.6) is 5.75 Å². The van der Waals surface area contributed by atoms with Crippen molar-refractivity contribution in [3.05, 3.63) is 83.6 Å². The van der Waals surface area contributed by atoms with Crippen LogP contribution in [-0.2, 0) is 11.2 Å². The van der Waals surface area contributed by atoms with E-state index in [1.807, 2.05) is 6.07 Å². The lowest BCUT2D eigenvalue weighted by molar-refractivity contribution is -0.134. The summed E-state index contributed by atoms with van der Waals surface area (Å²) in [5.41, 5.74) is 0.813. The predicted octanol–water partition coefficient (Wildman–Crippen LogP) is 4.33. The molecule has 1 aliphatic rings. The van der Waals surface area contributed by atoms with E-state index in [1.54, 1.807) is 23.2 Å². The molecule has 1 atom stereocenters. The zero-order valence-electron chi connectivity index (χ0n) is 16.4. The normalized spacial score (nSPS) is 16.5. The molecule has 7 heteroatoms. The van der Waals surface area contributed by atoms with E-state index in [9.17, 15) is 13.6 Å². The number of carbonyl (C=O) groups is 1. The van der Waals surface area contributed by atoms with E-state index in [0.29, 0.717) is 36.9 Å². The lowest BCUT2D eigenvalue weighted by Crippen LogP contribution is -2.41. The van der Waals surface area contributed by atoms with Crippen LogP contribution in [0.4, 0.5) is 8.78 Å². The van der Waals surface area contributed by atoms with Crippen LogP contribution in [0.15, 0.2) is 59.1 Å². The Bertz CT molecular complexity index is 1020. The molecule has 1 aliphatic heterocycles. The summed E-state index contributed by atoms with van der Waals surface area (Å²) in [4.78, 5) is 18.6. The second-order valence-corrected chi connectivity index (χ2v) is 7.40. The zero-order chi connectivity index (χ0) is 20.9. The van der Waals surface area contributed by atoms with Crippen LogP contribution in [0, 0.1) is 11.6 Å². The van der Waals surface area contributed by atoms with Crippen molar-refractivity contribution in [3.8, 4) is 5.75 Å². The molecular formula is C23H22F2N2O3. The minimum Gasteiger partial charge on any atom is -0.484 e. The summed E-state index contributed by atoms with van der Waals surface area (Å²) in [6.07, 6.45) is 3.82. The molecule has 30 heavy (non-hydrogen) atoms. The fraction of sp³-hybridized carbons (Fsp3) is 0.304. The highest BCUT2D eigenvalue weighted by molar-refractivity contribution is 5.78. The van der Waals surface area contributed by atoms with Crippen LogP contribution < -0.4 is 4.74 Å². The highest BCUT2D eigenvalue weighted by Crippen LogP contribution is 2.27. The van der Waals surface area contributed by atoms with Crippen molar-refractivity contribution in [2.24, 2.45) is 0 Å². The van der Waals surface area contributed by atoms with Gasteiger partial charge in [-0.15, -0.1) is 0 Å². The summed E-state index contributed by atoms with van der Waals surface area (Å²) < 4.78 is 37.9. The van der Waals surface area contributed by atoms with Gasteiger partial charge in [0.05, 0.1) is 12.1 Å². The maximum atomic E-state index is 13.4. The van der Waals surface area contributed by atoms with Crippen molar-refractivity contribution in [2.45, 2.75) is 25.2 Å². The number of amides is 1. The average Bonchev–Trinajstić information content (AvgIpc) is 3.21. The first kappa shape index (κ1) is 20.1. The molecule has 0 saturated carbocycles. The summed E-state index contributed by atoms with van der Waals surface area (Å²) in [6, 6.07) is 12.1. The molecule has 1 aromatic heterocycles. The SMILES string of the molecule is O=C(COc1cccc(F)c1)N1CCC[C@@H](c2ncc(Cc3cccc(F)c3)o2)C1. The Labute approximate surface area is 173 Å². The molecule has 0 spiro atoms. The number of benzene rings is 2. The summed E-state index contributed by atoms with van der Waals surface area (Å²) in [6.45, 7) is 0.983. The molecule has 4 rings (SSSR count). The summed E-state index contributed by atoms with van der Waals surface area (Å²) in [7, 11) is 0. The summed E-state index contributed by atoms with van der Waals surface area (Å²) in [5, 5.41) is 0. The van der Waals surface area contributed by atoms with Crippen molar-refractivity contribution in [1.82, 2.24) is 9.88 Å². The molecule has 1 amide bonds. The smallest absolute Gasteiger partial charge is 0.260 e. The number of rotatable bonds is 6. The van der Waals surface area contributed by atoms with Crippen molar-refractivity contribution in [2.75, 3.05) is 19.7 Å². The van der Waals surface area contributed by atoms with Gasteiger partial charge in [0, 0.05) is 25.6 Å². The number of aromatic nitrogens is 1. The maximum Gasteiger partial charge on any atom is 0.260 e. The van der Waals surface area contributed by atoms with E-state index in [2.05, 4.69) is 4.98 Å². The molecule has 156 valence electrons. The van der Waals surface area contributed by atoms with Crippen molar-refractivity contribution < 1.29 is 22.7 Å². The molecule has 2 aromatic carbocycles. The van der Waals surface area contributed by atoms with Gasteiger partial charge in [0.2, 0.25) is 0 Å². The van der Waals surface area contributed by atoms with Crippen molar-refractivity contribution in [3.63, 3.8) is 0 Å². The molecule has 3 aromatic rings. The van der Waals surface area contributed by atoms with E-state index in [0.717, 1.165) is 18.4 Å². The third-order valence-electron chi connectivity index (χ3n) is 5.12. The van der Waals surface area contributed by atoms with Crippen LogP contribution in [-0.4, -0.2) is 35.5 Å². The number of hydrogen-bond acceptors (Lipinski definition) is 4. The summed E-state index contributed by atoms with van der Waals surface area (Å²) >= 11 is 0. The fourth-order valence-electron chi connectivity index (χ4n) is 3.64. The molecule has 0 aliphatic carbocycles. The topological polar surface area (TPSA) is 55.6 Å². The predicted molar refractivity (Wildman–Crippen MR) is 106 cm³/mol. The van der Waals surface area contributed by atoms with Gasteiger partial charge in [0.1, 0.15) is 23.1 Å². The Morgan fingerprint density at radius 3 is 2.77 bits per heavy atom. The molecule has 0 bridgehead atoms. The number of halogens is 2.